The van der Waals surface area contributed by atoms with Crippen molar-refractivity contribution in [3.8, 4) is 11.5 Å². The molecule has 128 valence electrons. The van der Waals surface area contributed by atoms with Gasteiger partial charge in [0.1, 0.15) is 35.9 Å². The van der Waals surface area contributed by atoms with E-state index in [2.05, 4.69) is 27.7 Å². The number of fused-ring (bicyclic) bond motifs is 1. The van der Waals surface area contributed by atoms with Crippen molar-refractivity contribution < 1.29 is 19.1 Å². The van der Waals surface area contributed by atoms with Gasteiger partial charge < -0.3 is 19.1 Å². The first-order valence-electron chi connectivity index (χ1n) is 7.27. The van der Waals surface area contributed by atoms with Gasteiger partial charge in [-0.25, -0.2) is 4.79 Å². The van der Waals surface area contributed by atoms with Gasteiger partial charge in [-0.2, -0.15) is 0 Å². The van der Waals surface area contributed by atoms with Crippen molar-refractivity contribution in [2.45, 2.75) is 13.8 Å². The minimum atomic E-state index is -0.612. The number of halogens is 1. The van der Waals surface area contributed by atoms with Crippen LogP contribution >= 0.6 is 15.9 Å². The lowest BCUT2D eigenvalue weighted by molar-refractivity contribution is 0.162. The van der Waals surface area contributed by atoms with Crippen LogP contribution in [0.3, 0.4) is 0 Å². The van der Waals surface area contributed by atoms with Crippen LogP contribution in [0, 0.1) is 6.92 Å². The highest BCUT2D eigenvalue weighted by atomic mass is 79.9. The van der Waals surface area contributed by atoms with E-state index in [1.54, 1.807) is 26.0 Å². The van der Waals surface area contributed by atoms with Crippen LogP contribution < -0.4 is 10.4 Å². The highest BCUT2D eigenvalue weighted by molar-refractivity contribution is 9.09. The van der Waals surface area contributed by atoms with E-state index in [1.165, 1.54) is 6.07 Å². The van der Waals surface area contributed by atoms with E-state index < -0.39 is 5.63 Å². The van der Waals surface area contributed by atoms with Crippen LogP contribution in [0.5, 0.6) is 11.5 Å². The number of oxime groups is 1. The maximum Gasteiger partial charge on any atom is 0.349 e. The fraction of sp³-hybridized carbons (Fsp3) is 0.294. The quantitative estimate of drug-likeness (QED) is 0.194. The Balaban J connectivity index is 2.71. The number of benzene rings is 1. The lowest BCUT2D eigenvalue weighted by Gasteiger charge is -2.13. The number of rotatable bonds is 7. The summed E-state index contributed by atoms with van der Waals surface area (Å²) in [6.07, 6.45) is 1.57. The third-order valence-corrected chi connectivity index (χ3v) is 3.65. The molecule has 0 amide bonds. The van der Waals surface area contributed by atoms with Gasteiger partial charge >= 0.3 is 5.63 Å². The van der Waals surface area contributed by atoms with Crippen molar-refractivity contribution >= 4 is 32.6 Å². The molecule has 0 bridgehead atoms. The Labute approximate surface area is 147 Å². The summed E-state index contributed by atoms with van der Waals surface area (Å²) in [6.45, 7) is 7.50. The molecule has 0 aliphatic rings. The first kappa shape index (κ1) is 18.1. The second-order valence-electron chi connectivity index (χ2n) is 4.98. The Kier molecular flexibility index (Phi) is 6.03. The van der Waals surface area contributed by atoms with Gasteiger partial charge in [-0.3, -0.25) is 0 Å². The predicted octanol–water partition coefficient (Wildman–Crippen LogP) is 3.51. The van der Waals surface area contributed by atoms with Crippen LogP contribution in [0.1, 0.15) is 18.1 Å². The van der Waals surface area contributed by atoms with Crippen LogP contribution in [0.25, 0.3) is 11.0 Å². The molecule has 0 saturated heterocycles. The van der Waals surface area contributed by atoms with Gasteiger partial charge in [0, 0.05) is 10.9 Å². The average molecular weight is 396 g/mol. The van der Waals surface area contributed by atoms with E-state index in [-0.39, 0.29) is 23.5 Å². The summed E-state index contributed by atoms with van der Waals surface area (Å²) in [7, 11) is 0. The molecule has 0 saturated carbocycles. The average Bonchev–Trinajstić information content (AvgIpc) is 2.56. The Hall–Kier alpha value is -2.28. The zero-order valence-corrected chi connectivity index (χ0v) is 15.1. The van der Waals surface area contributed by atoms with E-state index in [0.717, 1.165) is 0 Å². The molecular formula is C17H18BrNO5. The number of aromatic hydroxyl groups is 1. The van der Waals surface area contributed by atoms with Crippen LogP contribution in [-0.2, 0) is 4.84 Å². The van der Waals surface area contributed by atoms with Gasteiger partial charge in [-0.05, 0) is 26.0 Å². The monoisotopic (exact) mass is 395 g/mol. The first-order valence-corrected chi connectivity index (χ1v) is 8.39. The van der Waals surface area contributed by atoms with Gasteiger partial charge in [-0.1, -0.05) is 33.7 Å². The smallest absolute Gasteiger partial charge is 0.349 e. The van der Waals surface area contributed by atoms with Gasteiger partial charge in [0.2, 0.25) is 0 Å². The number of alkyl halides is 1. The Morgan fingerprint density at radius 1 is 1.50 bits per heavy atom. The number of aryl methyl sites for hydroxylation is 1. The summed E-state index contributed by atoms with van der Waals surface area (Å²) in [4.78, 5) is 17.6. The van der Waals surface area contributed by atoms with E-state index in [9.17, 15) is 9.90 Å². The van der Waals surface area contributed by atoms with Crippen molar-refractivity contribution in [2.75, 3.05) is 18.5 Å². The minimum Gasteiger partial charge on any atom is -0.508 e. The molecule has 6 nitrogen and oxygen atoms in total. The maximum absolute atomic E-state index is 12.5. The zero-order valence-electron chi connectivity index (χ0n) is 13.5. The molecule has 0 radical (unpaired) electrons. The van der Waals surface area contributed by atoms with Crippen molar-refractivity contribution in [3.05, 3.63) is 46.3 Å². The number of nitrogens with zero attached hydrogens (tertiary/aromatic N) is 1. The third-order valence-electron chi connectivity index (χ3n) is 3.33. The molecule has 1 heterocycles. The molecule has 0 atom stereocenters. The van der Waals surface area contributed by atoms with Gasteiger partial charge in [-0.15, -0.1) is 0 Å². The summed E-state index contributed by atoms with van der Waals surface area (Å²) in [5.41, 5.74) is 0.654. The van der Waals surface area contributed by atoms with Crippen LogP contribution in [0.15, 0.2) is 39.2 Å². The van der Waals surface area contributed by atoms with Crippen molar-refractivity contribution in [3.63, 3.8) is 0 Å². The predicted molar refractivity (Wildman–Crippen MR) is 96.5 cm³/mol. The highest BCUT2D eigenvalue weighted by Gasteiger charge is 2.21. The molecule has 1 aromatic heterocycles. The fourth-order valence-corrected chi connectivity index (χ4v) is 2.33. The third kappa shape index (κ3) is 3.62. The lowest BCUT2D eigenvalue weighted by atomic mass is 10.1. The van der Waals surface area contributed by atoms with Crippen molar-refractivity contribution in [1.82, 2.24) is 0 Å². The highest BCUT2D eigenvalue weighted by Crippen LogP contribution is 2.33. The molecule has 2 rings (SSSR count). The molecule has 7 heteroatoms. The summed E-state index contributed by atoms with van der Waals surface area (Å²) in [5.74, 6) is 0.368. The number of hydrogen-bond donors (Lipinski definition) is 1. The van der Waals surface area contributed by atoms with Crippen LogP contribution in [0.2, 0.25) is 0 Å². The molecule has 0 fully saturated rings. The molecule has 0 unspecified atom stereocenters. The van der Waals surface area contributed by atoms with Gasteiger partial charge in [0.15, 0.2) is 0 Å². The summed E-state index contributed by atoms with van der Waals surface area (Å²) in [5, 5.41) is 14.9. The van der Waals surface area contributed by atoms with E-state index in [4.69, 9.17) is 14.0 Å². The molecule has 0 spiro atoms. The number of phenols is 1. The number of phenolic OH excluding ortho intramolecular Hbond substituents is 1. The normalized spacial score (nSPS) is 11.5. The maximum atomic E-state index is 12.5. The molecule has 0 aliphatic carbocycles. The standard InChI is InChI=1S/C17H18BrNO5/c1-4-8-22-16-12-5-6-13(20)10(2)15(12)24-17(21)14(16)11(3)19-23-9-7-18/h4-6,20H,1,7-9H2,2-3H3. The van der Waals surface area contributed by atoms with Crippen LogP contribution in [-0.4, -0.2) is 29.4 Å². The van der Waals surface area contributed by atoms with E-state index >= 15 is 0 Å². The second-order valence-corrected chi connectivity index (χ2v) is 5.77. The Morgan fingerprint density at radius 3 is 2.92 bits per heavy atom. The SMILES string of the molecule is C=CCOc1c(C(C)=NOCCBr)c(=O)oc2c(C)c(O)ccc12. The van der Waals surface area contributed by atoms with Crippen molar-refractivity contribution in [1.29, 1.82) is 0 Å². The second kappa shape index (κ2) is 8.01. The topological polar surface area (TPSA) is 81.3 Å². The summed E-state index contributed by atoms with van der Waals surface area (Å²) in [6, 6.07) is 3.16. The molecule has 2 aromatic rings. The van der Waals surface area contributed by atoms with Gasteiger partial charge in [0.25, 0.3) is 0 Å². The fourth-order valence-electron chi connectivity index (χ4n) is 2.19. The van der Waals surface area contributed by atoms with Crippen LogP contribution in [0.4, 0.5) is 0 Å². The van der Waals surface area contributed by atoms with Gasteiger partial charge in [0.05, 0.1) is 11.1 Å². The number of ether oxygens (including phenoxy) is 1. The summed E-state index contributed by atoms with van der Waals surface area (Å²) >= 11 is 3.23. The molecule has 0 aliphatic heterocycles. The Morgan fingerprint density at radius 2 is 2.25 bits per heavy atom. The lowest BCUT2D eigenvalue weighted by Crippen LogP contribution is -2.16. The zero-order chi connectivity index (χ0) is 17.7. The van der Waals surface area contributed by atoms with Crippen molar-refractivity contribution in [2.24, 2.45) is 5.16 Å². The van der Waals surface area contributed by atoms with E-state index in [1.807, 2.05) is 0 Å². The molecular weight excluding hydrogens is 378 g/mol. The molecule has 24 heavy (non-hydrogen) atoms. The molecule has 1 N–H and O–H groups in total. The minimum absolute atomic E-state index is 0.0408. The summed E-state index contributed by atoms with van der Waals surface area (Å²) < 4.78 is 11.1. The largest absolute Gasteiger partial charge is 0.508 e. The van der Waals surface area contributed by atoms with E-state index in [0.29, 0.717) is 34.3 Å². The first-order chi connectivity index (χ1) is 11.5. The number of hydrogen-bond acceptors (Lipinski definition) is 6. The molecule has 1 aromatic carbocycles. The Bertz CT molecular complexity index is 841.